The molecule has 1 aliphatic carbocycles. The highest BCUT2D eigenvalue weighted by molar-refractivity contribution is 14.1. The van der Waals surface area contributed by atoms with Crippen LogP contribution in [0.1, 0.15) is 13.3 Å². The lowest BCUT2D eigenvalue weighted by atomic mass is 10.3. The molecule has 1 amide bonds. The molecule has 2 atom stereocenters. The van der Waals surface area contributed by atoms with E-state index in [4.69, 9.17) is 0 Å². The van der Waals surface area contributed by atoms with Gasteiger partial charge in [-0.3, -0.25) is 4.79 Å². The molecule has 0 heterocycles. The predicted molar refractivity (Wildman–Crippen MR) is 65.1 cm³/mol. The van der Waals surface area contributed by atoms with Gasteiger partial charge in [0.2, 0.25) is 5.91 Å². The number of rotatable bonds is 2. The fraction of sp³-hybridized carbons (Fsp3) is 0.364. The number of anilines is 1. The van der Waals surface area contributed by atoms with Gasteiger partial charge in [0.1, 0.15) is 0 Å². The molecular weight excluding hydrogens is 289 g/mol. The monoisotopic (exact) mass is 301 g/mol. The van der Waals surface area contributed by atoms with Crippen molar-refractivity contribution in [2.24, 2.45) is 11.8 Å². The lowest BCUT2D eigenvalue weighted by Gasteiger charge is -2.03. The molecule has 3 heteroatoms. The van der Waals surface area contributed by atoms with Crippen molar-refractivity contribution in [2.75, 3.05) is 5.32 Å². The zero-order valence-electron chi connectivity index (χ0n) is 7.96. The standard InChI is InChI=1S/C11H12INO/c1-7-6-10(7)11(14)13-9-4-2-8(12)3-5-9/h2-5,7,10H,6H2,1H3,(H,13,14)/t7-,10-/m1/s1. The van der Waals surface area contributed by atoms with Crippen molar-refractivity contribution < 1.29 is 4.79 Å². The number of benzene rings is 1. The Morgan fingerprint density at radius 1 is 1.43 bits per heavy atom. The second-order valence-electron chi connectivity index (χ2n) is 3.82. The molecule has 1 N–H and O–H groups in total. The third-order valence-corrected chi connectivity index (χ3v) is 3.28. The van der Waals surface area contributed by atoms with Crippen molar-refractivity contribution >= 4 is 34.2 Å². The average Bonchev–Trinajstić information content (AvgIpc) is 2.87. The summed E-state index contributed by atoms with van der Waals surface area (Å²) in [5.74, 6) is 0.979. The van der Waals surface area contributed by atoms with Gasteiger partial charge in [0.15, 0.2) is 0 Å². The minimum absolute atomic E-state index is 0.165. The number of amides is 1. The summed E-state index contributed by atoms with van der Waals surface area (Å²) in [7, 11) is 0. The summed E-state index contributed by atoms with van der Waals surface area (Å²) in [6.45, 7) is 2.11. The van der Waals surface area contributed by atoms with Crippen molar-refractivity contribution in [3.05, 3.63) is 27.8 Å². The minimum atomic E-state index is 0.165. The Kier molecular flexibility index (Phi) is 2.76. The summed E-state index contributed by atoms with van der Waals surface area (Å²) in [5, 5.41) is 2.92. The summed E-state index contributed by atoms with van der Waals surface area (Å²) in [4.78, 5) is 11.6. The molecule has 1 aliphatic rings. The predicted octanol–water partition coefficient (Wildman–Crippen LogP) is 2.89. The highest BCUT2D eigenvalue weighted by atomic mass is 127. The lowest BCUT2D eigenvalue weighted by Crippen LogP contribution is -2.14. The molecule has 14 heavy (non-hydrogen) atoms. The van der Waals surface area contributed by atoms with Crippen LogP contribution in [0.25, 0.3) is 0 Å². The molecule has 0 radical (unpaired) electrons. The van der Waals surface area contributed by atoms with Crippen LogP contribution in [0.4, 0.5) is 5.69 Å². The maximum Gasteiger partial charge on any atom is 0.227 e. The molecule has 2 rings (SSSR count). The Hall–Kier alpha value is -0.580. The van der Waals surface area contributed by atoms with E-state index in [0.29, 0.717) is 5.92 Å². The van der Waals surface area contributed by atoms with E-state index >= 15 is 0 Å². The van der Waals surface area contributed by atoms with Gasteiger partial charge in [0, 0.05) is 15.2 Å². The van der Waals surface area contributed by atoms with E-state index in [1.165, 1.54) is 3.57 Å². The second kappa shape index (κ2) is 3.88. The Morgan fingerprint density at radius 3 is 2.50 bits per heavy atom. The first-order chi connectivity index (χ1) is 6.66. The first-order valence-electron chi connectivity index (χ1n) is 4.73. The molecule has 1 saturated carbocycles. The van der Waals surface area contributed by atoms with Crippen LogP contribution in [0, 0.1) is 15.4 Å². The number of carbonyl (C=O) groups is 1. The van der Waals surface area contributed by atoms with E-state index in [9.17, 15) is 4.79 Å². The summed E-state index contributed by atoms with van der Waals surface area (Å²) in [5.41, 5.74) is 0.898. The lowest BCUT2D eigenvalue weighted by molar-refractivity contribution is -0.117. The van der Waals surface area contributed by atoms with Gasteiger partial charge in [-0.1, -0.05) is 6.92 Å². The first-order valence-corrected chi connectivity index (χ1v) is 5.81. The van der Waals surface area contributed by atoms with Crippen molar-refractivity contribution in [3.8, 4) is 0 Å². The SMILES string of the molecule is C[C@@H]1C[C@H]1C(=O)Nc1ccc(I)cc1. The van der Waals surface area contributed by atoms with Crippen LogP contribution >= 0.6 is 22.6 Å². The van der Waals surface area contributed by atoms with Crippen LogP contribution in [-0.2, 0) is 4.79 Å². The third-order valence-electron chi connectivity index (χ3n) is 2.56. The molecule has 0 aromatic heterocycles. The molecular formula is C11H12INO. The van der Waals surface area contributed by atoms with Gasteiger partial charge in [-0.2, -0.15) is 0 Å². The fourth-order valence-corrected chi connectivity index (χ4v) is 1.82. The maximum atomic E-state index is 11.6. The molecule has 1 aromatic carbocycles. The van der Waals surface area contributed by atoms with Gasteiger partial charge in [0.25, 0.3) is 0 Å². The zero-order valence-corrected chi connectivity index (χ0v) is 10.1. The third kappa shape index (κ3) is 2.26. The van der Waals surface area contributed by atoms with Crippen molar-refractivity contribution in [1.82, 2.24) is 0 Å². The molecule has 0 unspecified atom stereocenters. The number of nitrogens with one attached hydrogen (secondary N) is 1. The van der Waals surface area contributed by atoms with E-state index in [1.54, 1.807) is 0 Å². The van der Waals surface area contributed by atoms with Crippen LogP contribution in [0.5, 0.6) is 0 Å². The number of hydrogen-bond acceptors (Lipinski definition) is 1. The van der Waals surface area contributed by atoms with Crippen LogP contribution < -0.4 is 5.32 Å². The Bertz CT molecular complexity index is 347. The van der Waals surface area contributed by atoms with Gasteiger partial charge >= 0.3 is 0 Å². The van der Waals surface area contributed by atoms with Gasteiger partial charge in [-0.25, -0.2) is 0 Å². The second-order valence-corrected chi connectivity index (χ2v) is 5.06. The highest BCUT2D eigenvalue weighted by Crippen LogP contribution is 2.38. The van der Waals surface area contributed by atoms with Gasteiger partial charge in [-0.15, -0.1) is 0 Å². The molecule has 74 valence electrons. The molecule has 0 spiro atoms. The highest BCUT2D eigenvalue weighted by Gasteiger charge is 2.38. The van der Waals surface area contributed by atoms with Gasteiger partial charge < -0.3 is 5.32 Å². The minimum Gasteiger partial charge on any atom is -0.326 e. The summed E-state index contributed by atoms with van der Waals surface area (Å²) < 4.78 is 1.18. The number of halogens is 1. The first kappa shape index (κ1) is 9.96. The van der Waals surface area contributed by atoms with E-state index < -0.39 is 0 Å². The molecule has 1 fully saturated rings. The molecule has 0 bridgehead atoms. The zero-order chi connectivity index (χ0) is 10.1. The summed E-state index contributed by atoms with van der Waals surface area (Å²) >= 11 is 2.25. The van der Waals surface area contributed by atoms with Crippen molar-refractivity contribution in [1.29, 1.82) is 0 Å². The van der Waals surface area contributed by atoms with E-state index in [2.05, 4.69) is 34.8 Å². The largest absolute Gasteiger partial charge is 0.326 e. The van der Waals surface area contributed by atoms with Crippen molar-refractivity contribution in [3.63, 3.8) is 0 Å². The van der Waals surface area contributed by atoms with Gasteiger partial charge in [0.05, 0.1) is 0 Å². The number of carbonyl (C=O) groups excluding carboxylic acids is 1. The quantitative estimate of drug-likeness (QED) is 0.836. The Labute approximate surface area is 97.2 Å². The van der Waals surface area contributed by atoms with E-state index in [0.717, 1.165) is 12.1 Å². The molecule has 1 aromatic rings. The topological polar surface area (TPSA) is 29.1 Å². The summed E-state index contributed by atoms with van der Waals surface area (Å²) in [6.07, 6.45) is 1.04. The molecule has 0 saturated heterocycles. The smallest absolute Gasteiger partial charge is 0.227 e. The molecule has 2 nitrogen and oxygen atoms in total. The summed E-state index contributed by atoms with van der Waals surface area (Å²) in [6, 6.07) is 7.86. The van der Waals surface area contributed by atoms with Crippen LogP contribution in [0.3, 0.4) is 0 Å². The van der Waals surface area contributed by atoms with Gasteiger partial charge in [-0.05, 0) is 59.2 Å². The Morgan fingerprint density at radius 2 is 2.00 bits per heavy atom. The Balaban J connectivity index is 1.97. The van der Waals surface area contributed by atoms with Crippen LogP contribution in [0.15, 0.2) is 24.3 Å². The van der Waals surface area contributed by atoms with Crippen LogP contribution in [-0.4, -0.2) is 5.91 Å². The van der Waals surface area contributed by atoms with E-state index in [-0.39, 0.29) is 11.8 Å². The van der Waals surface area contributed by atoms with E-state index in [1.807, 2.05) is 24.3 Å². The van der Waals surface area contributed by atoms with Crippen LogP contribution in [0.2, 0.25) is 0 Å². The maximum absolute atomic E-state index is 11.6. The number of hydrogen-bond donors (Lipinski definition) is 1. The molecule has 0 aliphatic heterocycles. The fourth-order valence-electron chi connectivity index (χ4n) is 1.46. The average molecular weight is 301 g/mol. The van der Waals surface area contributed by atoms with Crippen molar-refractivity contribution in [2.45, 2.75) is 13.3 Å². The normalized spacial score (nSPS) is 24.4.